The summed E-state index contributed by atoms with van der Waals surface area (Å²) < 4.78 is 10.8. The lowest BCUT2D eigenvalue weighted by Crippen LogP contribution is -2.38. The van der Waals surface area contributed by atoms with Crippen LogP contribution in [0.4, 0.5) is 5.69 Å². The van der Waals surface area contributed by atoms with Gasteiger partial charge in [0.15, 0.2) is 11.5 Å². The molecule has 3 heterocycles. The standard InChI is InChI=1S/C26H26ClN3O4S/c1-2-30(19-7-8-22-23(14-19)34-16-33-22)26(32)21-15-35-25(28-21)17-9-11-29(12-10-17)24(31)13-18-5-3-4-6-20(18)27/h3-8,14-15,17H,2,9-13,16H2,1H3. The minimum atomic E-state index is -0.138. The van der Waals surface area contributed by atoms with Crippen molar-refractivity contribution in [1.29, 1.82) is 0 Å². The largest absolute Gasteiger partial charge is 0.454 e. The highest BCUT2D eigenvalue weighted by Gasteiger charge is 2.28. The average molecular weight is 512 g/mol. The van der Waals surface area contributed by atoms with Crippen molar-refractivity contribution in [3.8, 4) is 11.5 Å². The minimum absolute atomic E-state index is 0.0915. The molecule has 0 unspecified atom stereocenters. The number of ether oxygens (including phenoxy) is 2. The van der Waals surface area contributed by atoms with Crippen LogP contribution < -0.4 is 14.4 Å². The number of carbonyl (C=O) groups excluding carboxylic acids is 2. The van der Waals surface area contributed by atoms with Gasteiger partial charge in [-0.2, -0.15) is 0 Å². The molecule has 0 bridgehead atoms. The SMILES string of the molecule is CCN(C(=O)c1csc(C2CCN(C(=O)Cc3ccccc3Cl)CC2)n1)c1ccc2c(c1)OCO2. The molecule has 2 aromatic carbocycles. The van der Waals surface area contributed by atoms with Crippen LogP contribution in [0.2, 0.25) is 5.02 Å². The van der Waals surface area contributed by atoms with Crippen LogP contribution in [-0.4, -0.2) is 48.1 Å². The number of nitrogens with zero attached hydrogens (tertiary/aromatic N) is 3. The van der Waals surface area contributed by atoms with E-state index in [1.807, 2.05) is 59.7 Å². The van der Waals surface area contributed by atoms with Crippen molar-refractivity contribution in [2.75, 3.05) is 31.3 Å². The fourth-order valence-corrected chi connectivity index (χ4v) is 5.67. The topological polar surface area (TPSA) is 72.0 Å². The molecule has 1 fully saturated rings. The number of hydrogen-bond donors (Lipinski definition) is 0. The molecule has 1 saturated heterocycles. The summed E-state index contributed by atoms with van der Waals surface area (Å²) >= 11 is 7.73. The second-order valence-corrected chi connectivity index (χ2v) is 9.88. The van der Waals surface area contributed by atoms with E-state index < -0.39 is 0 Å². The molecular formula is C26H26ClN3O4S. The molecule has 35 heavy (non-hydrogen) atoms. The highest BCUT2D eigenvalue weighted by molar-refractivity contribution is 7.10. The van der Waals surface area contributed by atoms with Crippen molar-refractivity contribution in [3.05, 3.63) is 69.1 Å². The number of fused-ring (bicyclic) bond motifs is 1. The van der Waals surface area contributed by atoms with Crippen molar-refractivity contribution in [2.24, 2.45) is 0 Å². The van der Waals surface area contributed by atoms with Gasteiger partial charge in [-0.05, 0) is 43.5 Å². The Balaban J connectivity index is 1.21. The van der Waals surface area contributed by atoms with Crippen molar-refractivity contribution in [3.63, 3.8) is 0 Å². The van der Waals surface area contributed by atoms with Gasteiger partial charge in [0.05, 0.1) is 11.4 Å². The lowest BCUT2D eigenvalue weighted by molar-refractivity contribution is -0.131. The Hall–Kier alpha value is -3.10. The minimum Gasteiger partial charge on any atom is -0.454 e. The van der Waals surface area contributed by atoms with Gasteiger partial charge in [-0.15, -0.1) is 11.3 Å². The number of piperidine rings is 1. The maximum absolute atomic E-state index is 13.2. The summed E-state index contributed by atoms with van der Waals surface area (Å²) in [7, 11) is 0. The van der Waals surface area contributed by atoms with Gasteiger partial charge in [-0.1, -0.05) is 29.8 Å². The van der Waals surface area contributed by atoms with E-state index in [0.29, 0.717) is 48.3 Å². The Morgan fingerprint density at radius 2 is 1.91 bits per heavy atom. The Kier molecular flexibility index (Phi) is 6.92. The molecule has 0 atom stereocenters. The Labute approximate surface area is 213 Å². The quantitative estimate of drug-likeness (QED) is 0.458. The van der Waals surface area contributed by atoms with Crippen molar-refractivity contribution in [2.45, 2.75) is 32.1 Å². The Bertz CT molecular complexity index is 1240. The van der Waals surface area contributed by atoms with Gasteiger partial charge in [0.1, 0.15) is 5.69 Å². The summed E-state index contributed by atoms with van der Waals surface area (Å²) in [6.07, 6.45) is 1.97. The van der Waals surface area contributed by atoms with Gasteiger partial charge in [-0.25, -0.2) is 4.98 Å². The van der Waals surface area contributed by atoms with Crippen LogP contribution in [0.15, 0.2) is 47.8 Å². The number of amides is 2. The molecule has 0 spiro atoms. The Morgan fingerprint density at radius 3 is 2.69 bits per heavy atom. The summed E-state index contributed by atoms with van der Waals surface area (Å²) in [6, 6.07) is 13.0. The number of likely N-dealkylation sites (tertiary alicyclic amines) is 1. The van der Waals surface area contributed by atoms with Crippen LogP contribution in [0.3, 0.4) is 0 Å². The lowest BCUT2D eigenvalue weighted by atomic mass is 9.97. The molecule has 7 nitrogen and oxygen atoms in total. The zero-order valence-corrected chi connectivity index (χ0v) is 21.0. The maximum atomic E-state index is 13.2. The van der Waals surface area contributed by atoms with Gasteiger partial charge in [0.25, 0.3) is 5.91 Å². The molecule has 182 valence electrons. The third-order valence-corrected chi connectivity index (χ3v) is 7.84. The second-order valence-electron chi connectivity index (χ2n) is 8.58. The highest BCUT2D eigenvalue weighted by atomic mass is 35.5. The monoisotopic (exact) mass is 511 g/mol. The number of anilines is 1. The number of halogens is 1. The number of benzene rings is 2. The smallest absolute Gasteiger partial charge is 0.277 e. The van der Waals surface area contributed by atoms with Crippen LogP contribution in [0.1, 0.15) is 46.7 Å². The van der Waals surface area contributed by atoms with E-state index in [-0.39, 0.29) is 24.5 Å². The predicted octanol–water partition coefficient (Wildman–Crippen LogP) is 5.14. The molecule has 2 aliphatic rings. The fraction of sp³-hybridized carbons (Fsp3) is 0.346. The molecule has 0 aliphatic carbocycles. The Morgan fingerprint density at radius 1 is 1.14 bits per heavy atom. The second kappa shape index (κ2) is 10.3. The van der Waals surface area contributed by atoms with Crippen LogP contribution in [0.5, 0.6) is 11.5 Å². The van der Waals surface area contributed by atoms with E-state index in [0.717, 1.165) is 29.1 Å². The lowest BCUT2D eigenvalue weighted by Gasteiger charge is -2.31. The van der Waals surface area contributed by atoms with E-state index in [1.165, 1.54) is 11.3 Å². The van der Waals surface area contributed by atoms with Crippen molar-refractivity contribution in [1.82, 2.24) is 9.88 Å². The van der Waals surface area contributed by atoms with Crippen LogP contribution in [-0.2, 0) is 11.2 Å². The summed E-state index contributed by atoms with van der Waals surface area (Å²) in [5, 5.41) is 3.41. The van der Waals surface area contributed by atoms with Crippen molar-refractivity contribution >= 4 is 40.4 Å². The highest BCUT2D eigenvalue weighted by Crippen LogP contribution is 2.36. The third kappa shape index (κ3) is 4.99. The van der Waals surface area contributed by atoms with Gasteiger partial charge >= 0.3 is 0 Å². The first kappa shape index (κ1) is 23.6. The number of carbonyl (C=O) groups is 2. The van der Waals surface area contributed by atoms with E-state index in [9.17, 15) is 9.59 Å². The van der Waals surface area contributed by atoms with E-state index >= 15 is 0 Å². The molecule has 5 rings (SSSR count). The van der Waals surface area contributed by atoms with Gasteiger partial charge in [0.2, 0.25) is 12.7 Å². The molecule has 2 aliphatic heterocycles. The van der Waals surface area contributed by atoms with Crippen LogP contribution in [0.25, 0.3) is 0 Å². The number of hydrogen-bond acceptors (Lipinski definition) is 6. The van der Waals surface area contributed by atoms with Crippen molar-refractivity contribution < 1.29 is 19.1 Å². The predicted molar refractivity (Wildman–Crippen MR) is 136 cm³/mol. The van der Waals surface area contributed by atoms with E-state index in [1.54, 1.807) is 4.90 Å². The third-order valence-electron chi connectivity index (χ3n) is 6.47. The normalized spacial score (nSPS) is 15.3. The average Bonchev–Trinajstić information content (AvgIpc) is 3.56. The van der Waals surface area contributed by atoms with Gasteiger partial charge in [0, 0.05) is 47.7 Å². The molecule has 2 amide bonds. The first-order valence-electron chi connectivity index (χ1n) is 11.7. The zero-order valence-electron chi connectivity index (χ0n) is 19.4. The molecule has 0 saturated carbocycles. The van der Waals surface area contributed by atoms with Gasteiger partial charge < -0.3 is 19.3 Å². The molecule has 0 radical (unpaired) electrons. The first-order valence-corrected chi connectivity index (χ1v) is 13.0. The maximum Gasteiger partial charge on any atom is 0.277 e. The van der Waals surface area contributed by atoms with Crippen LogP contribution >= 0.6 is 22.9 Å². The molecule has 0 N–H and O–H groups in total. The number of thiazole rings is 1. The molecule has 1 aromatic heterocycles. The molecule has 9 heteroatoms. The van der Waals surface area contributed by atoms with Gasteiger partial charge in [-0.3, -0.25) is 9.59 Å². The summed E-state index contributed by atoms with van der Waals surface area (Å²) in [5.41, 5.74) is 2.05. The zero-order chi connectivity index (χ0) is 24.4. The summed E-state index contributed by atoms with van der Waals surface area (Å²) in [6.45, 7) is 3.99. The number of rotatable bonds is 6. The fourth-order valence-electron chi connectivity index (χ4n) is 4.50. The molecular weight excluding hydrogens is 486 g/mol. The van der Waals surface area contributed by atoms with E-state index in [2.05, 4.69) is 0 Å². The molecule has 3 aromatic rings. The summed E-state index contributed by atoms with van der Waals surface area (Å²) in [5.74, 6) is 1.52. The first-order chi connectivity index (χ1) is 17.0. The van der Waals surface area contributed by atoms with Crippen LogP contribution in [0, 0.1) is 0 Å². The van der Waals surface area contributed by atoms with E-state index in [4.69, 9.17) is 26.1 Å². The number of aromatic nitrogens is 1. The summed E-state index contributed by atoms with van der Waals surface area (Å²) in [4.78, 5) is 34.3.